The molecule has 3 rings (SSSR count). The molecule has 0 aliphatic carbocycles. The summed E-state index contributed by atoms with van der Waals surface area (Å²) >= 11 is 1.74. The molecule has 0 aliphatic heterocycles. The molecule has 6 nitrogen and oxygen atoms in total. The zero-order valence-corrected chi connectivity index (χ0v) is 17.5. The third kappa shape index (κ3) is 5.95. The molecule has 1 unspecified atom stereocenters. The van der Waals surface area contributed by atoms with Crippen LogP contribution in [0.4, 0.5) is 31.5 Å². The van der Waals surface area contributed by atoms with Gasteiger partial charge in [0.1, 0.15) is 11.6 Å². The van der Waals surface area contributed by atoms with Gasteiger partial charge < -0.3 is 9.84 Å². The Bertz CT molecular complexity index is 1110. The second-order valence-electron chi connectivity index (χ2n) is 6.69. The number of amides is 1. The first-order chi connectivity index (χ1) is 14.7. The van der Waals surface area contributed by atoms with Gasteiger partial charge in [-0.3, -0.25) is 10.1 Å². The fourth-order valence-corrected chi connectivity index (χ4v) is 3.88. The highest BCUT2D eigenvalue weighted by atomic mass is 32.1. The summed E-state index contributed by atoms with van der Waals surface area (Å²) < 4.78 is 83.1. The Morgan fingerprint density at radius 2 is 1.91 bits per heavy atom. The standard InChI is InChI=1S/C18H13F6N3O3S2/c1-16(29,17(19,20)21)7-13-25-15(32-27-13)26-14(28)10-6-12(31-8-10)9-3-2-4-11(5-9)30-18(22,23)24/h2-6,8,29H,7H2,1H3,(H,25,26,27,28). The van der Waals surface area contributed by atoms with Gasteiger partial charge in [-0.05, 0) is 30.7 Å². The molecule has 0 saturated carbocycles. The van der Waals surface area contributed by atoms with Crippen molar-refractivity contribution in [2.24, 2.45) is 0 Å². The number of alkyl halides is 6. The lowest BCUT2D eigenvalue weighted by molar-refractivity contribution is -0.274. The number of thiophene rings is 1. The normalized spacial score (nSPS) is 14.1. The van der Waals surface area contributed by atoms with Crippen molar-refractivity contribution in [2.75, 3.05) is 5.32 Å². The number of benzene rings is 1. The van der Waals surface area contributed by atoms with Gasteiger partial charge in [0.2, 0.25) is 5.13 Å². The number of carbonyl (C=O) groups excluding carboxylic acids is 1. The molecule has 14 heteroatoms. The number of halogens is 6. The Morgan fingerprint density at radius 1 is 1.19 bits per heavy atom. The third-order valence-electron chi connectivity index (χ3n) is 4.02. The van der Waals surface area contributed by atoms with Crippen molar-refractivity contribution in [3.8, 4) is 16.2 Å². The highest BCUT2D eigenvalue weighted by molar-refractivity contribution is 7.14. The minimum atomic E-state index is -4.88. The zero-order chi connectivity index (χ0) is 23.7. The number of nitrogens with one attached hydrogen (secondary N) is 1. The first-order valence-electron chi connectivity index (χ1n) is 8.61. The molecule has 32 heavy (non-hydrogen) atoms. The Morgan fingerprint density at radius 3 is 2.56 bits per heavy atom. The molecule has 0 saturated heterocycles. The van der Waals surface area contributed by atoms with E-state index in [9.17, 15) is 36.2 Å². The fraction of sp³-hybridized carbons (Fsp3) is 0.278. The van der Waals surface area contributed by atoms with Crippen LogP contribution in [0.1, 0.15) is 23.1 Å². The van der Waals surface area contributed by atoms with Gasteiger partial charge >= 0.3 is 12.5 Å². The number of hydrogen-bond acceptors (Lipinski definition) is 7. The minimum absolute atomic E-state index is 0.0729. The summed E-state index contributed by atoms with van der Waals surface area (Å²) in [7, 11) is 0. The van der Waals surface area contributed by atoms with Crippen LogP contribution in [0.2, 0.25) is 0 Å². The molecular formula is C18H13F6N3O3S2. The SMILES string of the molecule is CC(O)(Cc1nsc(NC(=O)c2csc(-c3cccc(OC(F)(F)F)c3)c2)n1)C(F)(F)F. The molecule has 0 fully saturated rings. The van der Waals surface area contributed by atoms with E-state index in [1.54, 1.807) is 6.07 Å². The summed E-state index contributed by atoms with van der Waals surface area (Å²) in [6.45, 7) is 0.591. The molecule has 0 bridgehead atoms. The second kappa shape index (κ2) is 8.67. The number of rotatable bonds is 6. The lowest BCUT2D eigenvalue weighted by Gasteiger charge is -2.24. The van der Waals surface area contributed by atoms with Crippen molar-refractivity contribution in [1.29, 1.82) is 0 Å². The number of anilines is 1. The maximum Gasteiger partial charge on any atom is 0.573 e. The maximum absolute atomic E-state index is 12.8. The molecule has 2 heterocycles. The molecular weight excluding hydrogens is 484 g/mol. The molecule has 2 aromatic heterocycles. The summed E-state index contributed by atoms with van der Waals surface area (Å²) in [5.74, 6) is -1.34. The topological polar surface area (TPSA) is 84.3 Å². The molecule has 0 aliphatic rings. The van der Waals surface area contributed by atoms with Gasteiger partial charge in [-0.15, -0.1) is 24.5 Å². The Hall–Kier alpha value is -2.71. The van der Waals surface area contributed by atoms with Crippen LogP contribution in [-0.2, 0) is 6.42 Å². The summed E-state index contributed by atoms with van der Waals surface area (Å²) in [6, 6.07) is 6.66. The molecule has 172 valence electrons. The fourth-order valence-electron chi connectivity index (χ4n) is 2.41. The average molecular weight is 497 g/mol. The quantitative estimate of drug-likeness (QED) is 0.453. The number of hydrogen-bond donors (Lipinski definition) is 2. The molecule has 1 aromatic carbocycles. The van der Waals surface area contributed by atoms with E-state index in [-0.39, 0.29) is 16.5 Å². The zero-order valence-electron chi connectivity index (χ0n) is 15.9. The third-order valence-corrected chi connectivity index (χ3v) is 5.66. The monoisotopic (exact) mass is 497 g/mol. The van der Waals surface area contributed by atoms with Crippen LogP contribution in [0, 0.1) is 0 Å². The van der Waals surface area contributed by atoms with Gasteiger partial charge in [0.25, 0.3) is 5.91 Å². The van der Waals surface area contributed by atoms with Crippen LogP contribution in [0.3, 0.4) is 0 Å². The van der Waals surface area contributed by atoms with Gasteiger partial charge in [0.15, 0.2) is 5.60 Å². The smallest absolute Gasteiger partial charge is 0.406 e. The lowest BCUT2D eigenvalue weighted by atomic mass is 10.0. The van der Waals surface area contributed by atoms with Gasteiger partial charge in [0.05, 0.1) is 5.56 Å². The Kier molecular flexibility index (Phi) is 6.49. The molecule has 0 radical (unpaired) electrons. The predicted molar refractivity (Wildman–Crippen MR) is 105 cm³/mol. The second-order valence-corrected chi connectivity index (χ2v) is 8.36. The summed E-state index contributed by atoms with van der Waals surface area (Å²) in [6.07, 6.45) is -10.6. The van der Waals surface area contributed by atoms with Crippen molar-refractivity contribution < 1.29 is 41.0 Å². The van der Waals surface area contributed by atoms with Crippen LogP contribution in [0.15, 0.2) is 35.7 Å². The van der Waals surface area contributed by atoms with E-state index in [4.69, 9.17) is 0 Å². The lowest BCUT2D eigenvalue weighted by Crippen LogP contribution is -2.44. The van der Waals surface area contributed by atoms with Crippen molar-refractivity contribution >= 4 is 33.9 Å². The van der Waals surface area contributed by atoms with Crippen LogP contribution in [0.25, 0.3) is 10.4 Å². The molecule has 3 aromatic rings. The van der Waals surface area contributed by atoms with Crippen LogP contribution in [0.5, 0.6) is 5.75 Å². The van der Waals surface area contributed by atoms with Gasteiger partial charge in [0, 0.05) is 28.2 Å². The largest absolute Gasteiger partial charge is 0.573 e. The maximum atomic E-state index is 12.8. The Labute approximate surface area is 184 Å². The first kappa shape index (κ1) is 23.9. The van der Waals surface area contributed by atoms with Crippen molar-refractivity contribution in [3.05, 3.63) is 47.1 Å². The molecule has 0 spiro atoms. The van der Waals surface area contributed by atoms with E-state index in [0.29, 0.717) is 28.9 Å². The van der Waals surface area contributed by atoms with Crippen molar-refractivity contribution in [2.45, 2.75) is 31.5 Å². The van der Waals surface area contributed by atoms with Gasteiger partial charge in [-0.2, -0.15) is 17.5 Å². The van der Waals surface area contributed by atoms with Gasteiger partial charge in [-0.1, -0.05) is 12.1 Å². The number of aliphatic hydroxyl groups is 1. The number of carbonyl (C=O) groups is 1. The average Bonchev–Trinajstić information content (AvgIpc) is 3.29. The highest BCUT2D eigenvalue weighted by Gasteiger charge is 2.50. The van der Waals surface area contributed by atoms with Crippen LogP contribution in [-0.4, -0.2) is 38.5 Å². The highest BCUT2D eigenvalue weighted by Crippen LogP contribution is 2.34. The van der Waals surface area contributed by atoms with E-state index in [1.165, 1.54) is 23.6 Å². The van der Waals surface area contributed by atoms with E-state index >= 15 is 0 Å². The van der Waals surface area contributed by atoms with Crippen LogP contribution < -0.4 is 10.1 Å². The van der Waals surface area contributed by atoms with E-state index in [0.717, 1.165) is 17.4 Å². The number of aromatic nitrogens is 2. The molecule has 2 N–H and O–H groups in total. The van der Waals surface area contributed by atoms with Crippen LogP contribution >= 0.6 is 22.9 Å². The Balaban J connectivity index is 1.69. The first-order valence-corrected chi connectivity index (χ1v) is 10.3. The minimum Gasteiger partial charge on any atom is -0.406 e. The molecule has 1 atom stereocenters. The number of ether oxygens (including phenoxy) is 1. The summed E-state index contributed by atoms with van der Waals surface area (Å²) in [5, 5.41) is 13.3. The van der Waals surface area contributed by atoms with E-state index in [2.05, 4.69) is 19.4 Å². The summed E-state index contributed by atoms with van der Waals surface area (Å²) in [5.41, 5.74) is -2.48. The summed E-state index contributed by atoms with van der Waals surface area (Å²) in [4.78, 5) is 16.7. The van der Waals surface area contributed by atoms with Gasteiger partial charge in [-0.25, -0.2) is 4.98 Å². The van der Waals surface area contributed by atoms with E-state index < -0.39 is 36.2 Å². The molecule has 1 amide bonds. The van der Waals surface area contributed by atoms with E-state index in [1.807, 2.05) is 0 Å². The predicted octanol–water partition coefficient (Wildman–Crippen LogP) is 5.27. The van der Waals surface area contributed by atoms with Crippen molar-refractivity contribution in [1.82, 2.24) is 9.36 Å². The van der Waals surface area contributed by atoms with Crippen molar-refractivity contribution in [3.63, 3.8) is 0 Å². The number of nitrogens with zero attached hydrogens (tertiary/aromatic N) is 2.